The molecule has 2 aromatic rings. The van der Waals surface area contributed by atoms with Gasteiger partial charge in [-0.15, -0.1) is 0 Å². The molecule has 3 N–H and O–H groups in total. The number of ether oxygens (including phenoxy) is 1. The fraction of sp³-hybridized carbons (Fsp3) is 0.286. The number of likely N-dealkylation sites (tertiary alicyclic amines) is 1. The Morgan fingerprint density at radius 3 is 2.90 bits per heavy atom. The summed E-state index contributed by atoms with van der Waals surface area (Å²) in [6.07, 6.45) is 6.26. The second kappa shape index (κ2) is 9.64. The zero-order valence-electron chi connectivity index (χ0n) is 16.9. The molecule has 0 spiro atoms. The lowest BCUT2D eigenvalue weighted by atomic mass is 10.1. The minimum Gasteiger partial charge on any atom is -0.455 e. The molecule has 30 heavy (non-hydrogen) atoms. The van der Waals surface area contributed by atoms with Gasteiger partial charge in [-0.2, -0.15) is 0 Å². The van der Waals surface area contributed by atoms with Gasteiger partial charge in [-0.25, -0.2) is 9.78 Å². The predicted octanol–water partition coefficient (Wildman–Crippen LogP) is 2.63. The monoisotopic (exact) mass is 408 g/mol. The minimum absolute atomic E-state index is 0.0929. The molecule has 0 aliphatic carbocycles. The highest BCUT2D eigenvalue weighted by atomic mass is 16.5. The number of nitrogens with two attached hydrogens (primary N) is 1. The van der Waals surface area contributed by atoms with E-state index in [-0.39, 0.29) is 11.9 Å². The second-order valence-corrected chi connectivity index (χ2v) is 6.83. The molecule has 9 nitrogen and oxygen atoms in total. The molecule has 3 rings (SSSR count). The Morgan fingerprint density at radius 1 is 1.40 bits per heavy atom. The van der Waals surface area contributed by atoms with E-state index in [9.17, 15) is 9.59 Å². The number of amides is 2. The Kier molecular flexibility index (Phi) is 6.74. The molecule has 0 aromatic carbocycles. The zero-order chi connectivity index (χ0) is 21.5. The van der Waals surface area contributed by atoms with Crippen molar-refractivity contribution in [1.29, 1.82) is 0 Å². The molecule has 1 aliphatic rings. The number of rotatable bonds is 6. The topological polar surface area (TPSA) is 123 Å². The van der Waals surface area contributed by atoms with Crippen molar-refractivity contribution < 1.29 is 14.3 Å². The van der Waals surface area contributed by atoms with E-state index in [1.54, 1.807) is 55.5 Å². The Balaban J connectivity index is 1.69. The Bertz CT molecular complexity index is 988. The second-order valence-electron chi connectivity index (χ2n) is 6.83. The van der Waals surface area contributed by atoms with Gasteiger partial charge in [-0.1, -0.05) is 0 Å². The van der Waals surface area contributed by atoms with Crippen LogP contribution in [0.1, 0.15) is 17.8 Å². The maximum Gasteiger partial charge on any atom is 0.323 e. The fourth-order valence-corrected chi connectivity index (χ4v) is 3.09. The summed E-state index contributed by atoms with van der Waals surface area (Å²) in [5, 5.41) is 2.76. The summed E-state index contributed by atoms with van der Waals surface area (Å²) in [7, 11) is 1.66. The van der Waals surface area contributed by atoms with Crippen molar-refractivity contribution >= 4 is 29.9 Å². The van der Waals surface area contributed by atoms with Crippen LogP contribution in [0.25, 0.3) is 5.57 Å². The molecule has 2 aromatic heterocycles. The lowest BCUT2D eigenvalue weighted by Gasteiger charge is -2.17. The highest BCUT2D eigenvalue weighted by Gasteiger charge is 2.26. The number of hydrogen-bond acceptors (Lipinski definition) is 7. The first kappa shape index (κ1) is 21.0. The summed E-state index contributed by atoms with van der Waals surface area (Å²) in [5.41, 5.74) is 7.56. The number of hydrogen-bond donors (Lipinski definition) is 2. The van der Waals surface area contributed by atoms with Crippen molar-refractivity contribution in [3.8, 4) is 11.5 Å². The number of urea groups is 1. The van der Waals surface area contributed by atoms with Crippen molar-refractivity contribution in [1.82, 2.24) is 14.9 Å². The van der Waals surface area contributed by atoms with E-state index in [4.69, 9.17) is 10.5 Å². The number of carbonyl (C=O) groups excluding carboxylic acids is 2. The zero-order valence-corrected chi connectivity index (χ0v) is 16.9. The van der Waals surface area contributed by atoms with E-state index in [0.717, 1.165) is 6.29 Å². The summed E-state index contributed by atoms with van der Waals surface area (Å²) in [5.74, 6) is 1.45. The molecule has 156 valence electrons. The van der Waals surface area contributed by atoms with Crippen molar-refractivity contribution in [2.75, 3.05) is 25.5 Å². The number of aldehydes is 1. The largest absolute Gasteiger partial charge is 0.455 e. The van der Waals surface area contributed by atoms with Gasteiger partial charge in [-0.05, 0) is 31.5 Å². The summed E-state index contributed by atoms with van der Waals surface area (Å²) in [4.78, 5) is 37.5. The van der Waals surface area contributed by atoms with Gasteiger partial charge < -0.3 is 20.2 Å². The van der Waals surface area contributed by atoms with Crippen LogP contribution in [0.15, 0.2) is 41.7 Å². The average Bonchev–Trinajstić information content (AvgIpc) is 3.24. The van der Waals surface area contributed by atoms with E-state index >= 15 is 0 Å². The van der Waals surface area contributed by atoms with E-state index in [1.165, 1.54) is 6.20 Å². The molecular formula is C21H24N6O3. The van der Waals surface area contributed by atoms with Crippen molar-refractivity contribution in [3.05, 3.63) is 48.1 Å². The van der Waals surface area contributed by atoms with Crippen LogP contribution in [0, 0.1) is 12.8 Å². The number of carbonyl (C=O) groups is 2. The van der Waals surface area contributed by atoms with Crippen LogP contribution >= 0.6 is 0 Å². The van der Waals surface area contributed by atoms with Gasteiger partial charge >= 0.3 is 6.03 Å². The van der Waals surface area contributed by atoms with Gasteiger partial charge in [0.05, 0.1) is 11.4 Å². The Hall–Kier alpha value is -3.75. The van der Waals surface area contributed by atoms with Gasteiger partial charge in [0.1, 0.15) is 23.6 Å². The first-order chi connectivity index (χ1) is 14.5. The smallest absolute Gasteiger partial charge is 0.323 e. The van der Waals surface area contributed by atoms with Crippen LogP contribution < -0.4 is 15.8 Å². The lowest BCUT2D eigenvalue weighted by Crippen LogP contribution is -2.33. The number of pyridine rings is 2. The van der Waals surface area contributed by atoms with Gasteiger partial charge in [0.2, 0.25) is 0 Å². The minimum atomic E-state index is -0.266. The van der Waals surface area contributed by atoms with Gasteiger partial charge in [0.15, 0.2) is 0 Å². The molecule has 0 saturated carbocycles. The number of aryl methyl sites for hydroxylation is 1. The SMILES string of the molecule is CN=CC(=CN)c1cc(Oc2ccc(NC(=O)N3CCC(C=O)C3)nc2C)ccn1. The number of anilines is 1. The van der Waals surface area contributed by atoms with Crippen LogP contribution in [-0.4, -0.2) is 53.5 Å². The van der Waals surface area contributed by atoms with E-state index in [1.807, 2.05) is 0 Å². The molecule has 9 heteroatoms. The van der Waals surface area contributed by atoms with Crippen LogP contribution in [0.4, 0.5) is 10.6 Å². The summed E-state index contributed by atoms with van der Waals surface area (Å²) in [6.45, 7) is 2.78. The summed E-state index contributed by atoms with van der Waals surface area (Å²) in [6, 6.07) is 6.63. The third-order valence-electron chi connectivity index (χ3n) is 4.68. The highest BCUT2D eigenvalue weighted by Crippen LogP contribution is 2.26. The molecule has 1 saturated heterocycles. The number of aliphatic imine (C=N–C) groups is 1. The number of allylic oxidation sites excluding steroid dienone is 1. The molecule has 1 unspecified atom stereocenters. The normalized spacial score (nSPS) is 16.7. The maximum absolute atomic E-state index is 12.3. The molecule has 3 heterocycles. The maximum atomic E-state index is 12.3. The average molecular weight is 408 g/mol. The molecule has 1 atom stereocenters. The third kappa shape index (κ3) is 4.99. The van der Waals surface area contributed by atoms with Gasteiger partial charge in [-0.3, -0.25) is 15.3 Å². The molecule has 0 bridgehead atoms. The third-order valence-corrected chi connectivity index (χ3v) is 4.68. The predicted molar refractivity (Wildman–Crippen MR) is 115 cm³/mol. The fourth-order valence-electron chi connectivity index (χ4n) is 3.09. The van der Waals surface area contributed by atoms with Gasteiger partial charge in [0, 0.05) is 56.3 Å². The molecule has 1 fully saturated rings. The van der Waals surface area contributed by atoms with Gasteiger partial charge in [0.25, 0.3) is 0 Å². The number of nitrogens with one attached hydrogen (secondary N) is 1. The van der Waals surface area contributed by atoms with Crippen LogP contribution in [-0.2, 0) is 4.79 Å². The molecule has 1 aliphatic heterocycles. The standard InChI is InChI=1S/C21H24N6O3/c1-14-19(30-17-5-7-24-18(9-17)16(10-22)11-23-2)3-4-20(25-14)26-21(29)27-8-6-15(12-27)13-28/h3-5,7,9-11,13,15H,6,8,12,22H2,1-2H3,(H,25,26,29). The molecule has 2 amide bonds. The summed E-state index contributed by atoms with van der Waals surface area (Å²) >= 11 is 0. The number of aromatic nitrogens is 2. The Labute approximate surface area is 174 Å². The highest BCUT2D eigenvalue weighted by molar-refractivity contribution is 6.08. The Morgan fingerprint density at radius 2 is 2.23 bits per heavy atom. The summed E-state index contributed by atoms with van der Waals surface area (Å²) < 4.78 is 5.93. The molecule has 0 radical (unpaired) electrons. The van der Waals surface area contributed by atoms with E-state index in [2.05, 4.69) is 20.3 Å². The van der Waals surface area contributed by atoms with Crippen molar-refractivity contribution in [3.63, 3.8) is 0 Å². The van der Waals surface area contributed by atoms with Crippen LogP contribution in [0.3, 0.4) is 0 Å². The number of nitrogens with zero attached hydrogens (tertiary/aromatic N) is 4. The molecular weight excluding hydrogens is 384 g/mol. The first-order valence-electron chi connectivity index (χ1n) is 9.51. The van der Waals surface area contributed by atoms with Crippen LogP contribution in [0.5, 0.6) is 11.5 Å². The van der Waals surface area contributed by atoms with Crippen molar-refractivity contribution in [2.24, 2.45) is 16.6 Å². The lowest BCUT2D eigenvalue weighted by molar-refractivity contribution is -0.110. The first-order valence-corrected chi connectivity index (χ1v) is 9.51. The van der Waals surface area contributed by atoms with Crippen molar-refractivity contribution in [2.45, 2.75) is 13.3 Å². The quantitative estimate of drug-likeness (QED) is 0.559. The van der Waals surface area contributed by atoms with E-state index < -0.39 is 0 Å². The van der Waals surface area contributed by atoms with E-state index in [0.29, 0.717) is 53.8 Å². The van der Waals surface area contributed by atoms with Crippen LogP contribution in [0.2, 0.25) is 0 Å².